The molecule has 4 nitrogen and oxygen atoms in total. The zero-order valence-electron chi connectivity index (χ0n) is 15.6. The van der Waals surface area contributed by atoms with Crippen molar-refractivity contribution in [3.63, 3.8) is 0 Å². The van der Waals surface area contributed by atoms with E-state index >= 15 is 0 Å². The van der Waals surface area contributed by atoms with Gasteiger partial charge in [0.15, 0.2) is 12.1 Å². The SMILES string of the molecule is C=C[C@H]1O[C@@]2(CC[C@@H](C)[C@@H](OCc3ccc(OC)cc3)O2)CC[C@@H]1C. The fraction of sp³-hybridized carbons (Fsp3) is 0.619. The van der Waals surface area contributed by atoms with Crippen LogP contribution < -0.4 is 4.74 Å². The van der Waals surface area contributed by atoms with Gasteiger partial charge in [-0.1, -0.05) is 32.1 Å². The van der Waals surface area contributed by atoms with Crippen LogP contribution in [0.2, 0.25) is 0 Å². The van der Waals surface area contributed by atoms with E-state index in [1.807, 2.05) is 30.3 Å². The summed E-state index contributed by atoms with van der Waals surface area (Å²) in [4.78, 5) is 0. The Morgan fingerprint density at radius 2 is 1.80 bits per heavy atom. The number of hydrogen-bond donors (Lipinski definition) is 0. The van der Waals surface area contributed by atoms with Crippen LogP contribution in [0, 0.1) is 11.8 Å². The van der Waals surface area contributed by atoms with E-state index in [2.05, 4.69) is 20.4 Å². The second kappa shape index (κ2) is 7.90. The van der Waals surface area contributed by atoms with Gasteiger partial charge < -0.3 is 18.9 Å². The molecule has 0 aromatic heterocycles. The monoisotopic (exact) mass is 346 g/mol. The number of ether oxygens (including phenoxy) is 4. The summed E-state index contributed by atoms with van der Waals surface area (Å²) < 4.78 is 24.0. The van der Waals surface area contributed by atoms with E-state index in [4.69, 9.17) is 18.9 Å². The Balaban J connectivity index is 1.61. The molecular weight excluding hydrogens is 316 g/mol. The predicted octanol–water partition coefficient (Wildman–Crippen LogP) is 4.68. The van der Waals surface area contributed by atoms with E-state index in [-0.39, 0.29) is 12.4 Å². The van der Waals surface area contributed by atoms with Gasteiger partial charge >= 0.3 is 0 Å². The van der Waals surface area contributed by atoms with E-state index in [1.54, 1.807) is 7.11 Å². The van der Waals surface area contributed by atoms with Gasteiger partial charge in [0.2, 0.25) is 0 Å². The third kappa shape index (κ3) is 4.25. The smallest absolute Gasteiger partial charge is 0.172 e. The van der Waals surface area contributed by atoms with Gasteiger partial charge in [-0.25, -0.2) is 0 Å². The first-order chi connectivity index (χ1) is 12.0. The minimum Gasteiger partial charge on any atom is -0.497 e. The molecule has 0 N–H and O–H groups in total. The molecule has 0 amide bonds. The molecule has 2 aliphatic heterocycles. The van der Waals surface area contributed by atoms with Crippen LogP contribution in [0.3, 0.4) is 0 Å². The molecule has 0 bridgehead atoms. The highest BCUT2D eigenvalue weighted by molar-refractivity contribution is 5.26. The molecule has 0 aliphatic carbocycles. The highest BCUT2D eigenvalue weighted by atomic mass is 16.8. The maximum absolute atomic E-state index is 6.36. The molecular formula is C21H30O4. The Morgan fingerprint density at radius 3 is 2.44 bits per heavy atom. The zero-order valence-corrected chi connectivity index (χ0v) is 15.6. The van der Waals surface area contributed by atoms with Crippen molar-refractivity contribution in [1.82, 2.24) is 0 Å². The van der Waals surface area contributed by atoms with Gasteiger partial charge in [-0.2, -0.15) is 0 Å². The predicted molar refractivity (Wildman–Crippen MR) is 97.3 cm³/mol. The van der Waals surface area contributed by atoms with Crippen molar-refractivity contribution in [2.45, 2.75) is 64.3 Å². The molecule has 2 heterocycles. The van der Waals surface area contributed by atoms with Crippen LogP contribution in [0.15, 0.2) is 36.9 Å². The fourth-order valence-corrected chi connectivity index (χ4v) is 3.65. The first-order valence-corrected chi connectivity index (χ1v) is 9.28. The third-order valence-corrected chi connectivity index (χ3v) is 5.47. The van der Waals surface area contributed by atoms with Crippen molar-refractivity contribution in [2.75, 3.05) is 7.11 Å². The van der Waals surface area contributed by atoms with Gasteiger partial charge in [0.25, 0.3) is 0 Å². The Kier molecular flexibility index (Phi) is 5.82. The molecule has 1 spiro atoms. The number of methoxy groups -OCH3 is 1. The maximum Gasteiger partial charge on any atom is 0.172 e. The second-order valence-electron chi connectivity index (χ2n) is 7.41. The minimum absolute atomic E-state index is 0.0596. The average molecular weight is 346 g/mol. The normalized spacial score (nSPS) is 35.5. The van der Waals surface area contributed by atoms with Crippen LogP contribution in [0.4, 0.5) is 0 Å². The molecule has 4 heteroatoms. The summed E-state index contributed by atoms with van der Waals surface area (Å²) in [5.74, 6) is 1.19. The molecule has 2 saturated heterocycles. The molecule has 2 fully saturated rings. The van der Waals surface area contributed by atoms with Crippen molar-refractivity contribution in [2.24, 2.45) is 11.8 Å². The lowest BCUT2D eigenvalue weighted by Gasteiger charge is -2.48. The lowest BCUT2D eigenvalue weighted by atomic mass is 9.86. The van der Waals surface area contributed by atoms with Crippen LogP contribution in [0.25, 0.3) is 0 Å². The summed E-state index contributed by atoms with van der Waals surface area (Å²) >= 11 is 0. The summed E-state index contributed by atoms with van der Waals surface area (Å²) in [6.07, 6.45) is 5.71. The lowest BCUT2D eigenvalue weighted by Crippen LogP contribution is -2.52. The molecule has 1 aromatic carbocycles. The third-order valence-electron chi connectivity index (χ3n) is 5.47. The standard InChI is InChI=1S/C21H30O4/c1-5-19-15(2)10-12-21(24-19)13-11-16(3)20(25-21)23-14-17-6-8-18(22-4)9-7-17/h5-9,15-16,19-20H,1,10-14H2,2-4H3/t15-,16+,19+,20-,21-/m0/s1. The summed E-state index contributed by atoms with van der Waals surface area (Å²) in [6.45, 7) is 8.83. The van der Waals surface area contributed by atoms with E-state index in [9.17, 15) is 0 Å². The molecule has 138 valence electrons. The quantitative estimate of drug-likeness (QED) is 0.725. The number of hydrogen-bond acceptors (Lipinski definition) is 4. The molecule has 0 saturated carbocycles. The summed E-state index contributed by atoms with van der Waals surface area (Å²) in [7, 11) is 1.67. The second-order valence-corrected chi connectivity index (χ2v) is 7.41. The maximum atomic E-state index is 6.36. The van der Waals surface area contributed by atoms with Gasteiger partial charge in [-0.3, -0.25) is 0 Å². The van der Waals surface area contributed by atoms with Crippen molar-refractivity contribution < 1.29 is 18.9 Å². The van der Waals surface area contributed by atoms with Crippen molar-refractivity contribution in [3.8, 4) is 5.75 Å². The molecule has 1 aromatic rings. The van der Waals surface area contributed by atoms with Gasteiger partial charge in [0, 0.05) is 18.8 Å². The van der Waals surface area contributed by atoms with Gasteiger partial charge in [0.1, 0.15) is 5.75 Å². The first kappa shape index (κ1) is 18.4. The van der Waals surface area contributed by atoms with Gasteiger partial charge in [-0.05, 0) is 36.5 Å². The Bertz CT molecular complexity index is 566. The Hall–Kier alpha value is -1.36. The molecule has 25 heavy (non-hydrogen) atoms. The van der Waals surface area contributed by atoms with Crippen molar-refractivity contribution in [3.05, 3.63) is 42.5 Å². The molecule has 2 aliphatic rings. The molecule has 0 unspecified atom stereocenters. The van der Waals surface area contributed by atoms with Crippen molar-refractivity contribution in [1.29, 1.82) is 0 Å². The molecule has 5 atom stereocenters. The Morgan fingerprint density at radius 1 is 1.12 bits per heavy atom. The Labute approximate surface area is 151 Å². The highest BCUT2D eigenvalue weighted by Crippen LogP contribution is 2.43. The van der Waals surface area contributed by atoms with Crippen LogP contribution in [0.5, 0.6) is 5.75 Å². The summed E-state index contributed by atoms with van der Waals surface area (Å²) in [5.41, 5.74) is 1.11. The topological polar surface area (TPSA) is 36.9 Å². The fourth-order valence-electron chi connectivity index (χ4n) is 3.65. The largest absolute Gasteiger partial charge is 0.497 e. The van der Waals surface area contributed by atoms with E-state index < -0.39 is 5.79 Å². The van der Waals surface area contributed by atoms with Crippen LogP contribution in [-0.4, -0.2) is 25.3 Å². The number of rotatable bonds is 5. The van der Waals surface area contributed by atoms with Gasteiger partial charge in [0.05, 0.1) is 19.8 Å². The van der Waals surface area contributed by atoms with Gasteiger partial charge in [-0.15, -0.1) is 6.58 Å². The minimum atomic E-state index is -0.511. The average Bonchev–Trinajstić information content (AvgIpc) is 2.65. The summed E-state index contributed by atoms with van der Waals surface area (Å²) in [6, 6.07) is 7.95. The van der Waals surface area contributed by atoms with Crippen LogP contribution >= 0.6 is 0 Å². The van der Waals surface area contributed by atoms with E-state index in [0.717, 1.165) is 37.0 Å². The van der Waals surface area contributed by atoms with E-state index in [0.29, 0.717) is 18.4 Å². The van der Waals surface area contributed by atoms with E-state index in [1.165, 1.54) is 0 Å². The van der Waals surface area contributed by atoms with Crippen LogP contribution in [-0.2, 0) is 20.8 Å². The van der Waals surface area contributed by atoms with Crippen molar-refractivity contribution >= 4 is 0 Å². The highest BCUT2D eigenvalue weighted by Gasteiger charge is 2.46. The summed E-state index contributed by atoms with van der Waals surface area (Å²) in [5, 5.41) is 0. The molecule has 0 radical (unpaired) electrons. The first-order valence-electron chi connectivity index (χ1n) is 9.28. The van der Waals surface area contributed by atoms with Crippen LogP contribution in [0.1, 0.15) is 45.1 Å². The number of benzene rings is 1. The molecule has 3 rings (SSSR count). The lowest BCUT2D eigenvalue weighted by molar-refractivity contribution is -0.369. The zero-order chi connectivity index (χ0) is 17.9.